The molecular weight excluding hydrogens is 217 g/mol. The molecule has 2 aromatic rings. The Bertz CT molecular complexity index is 438. The zero-order chi connectivity index (χ0) is 10.7. The normalized spacial score (nSPS) is 10.5. The van der Waals surface area contributed by atoms with Crippen LogP contribution in [0.4, 0.5) is 4.39 Å². The number of nitrogens with zero attached hydrogens (tertiary/aromatic N) is 1. The number of hydrogen-bond acceptors (Lipinski definition) is 2. The van der Waals surface area contributed by atoms with Crippen molar-refractivity contribution in [2.24, 2.45) is 0 Å². The minimum Gasteiger partial charge on any atom is -0.441 e. The van der Waals surface area contributed by atoms with Crippen molar-refractivity contribution >= 4 is 11.6 Å². The molecule has 1 aromatic heterocycles. The molecule has 2 rings (SSSR count). The highest BCUT2D eigenvalue weighted by molar-refractivity contribution is 6.17. The summed E-state index contributed by atoms with van der Waals surface area (Å²) in [6, 6.07) is 6.01. The summed E-state index contributed by atoms with van der Waals surface area (Å²) in [7, 11) is 0. The van der Waals surface area contributed by atoms with Crippen LogP contribution >= 0.6 is 11.6 Å². The van der Waals surface area contributed by atoms with Gasteiger partial charge in [0.15, 0.2) is 0 Å². The largest absolute Gasteiger partial charge is 0.441 e. The average Bonchev–Trinajstić information content (AvgIpc) is 2.68. The Morgan fingerprint density at radius 1 is 1.27 bits per heavy atom. The molecule has 0 bridgehead atoms. The fraction of sp³-hybridized carbons (Fsp3) is 0.182. The lowest BCUT2D eigenvalue weighted by Crippen LogP contribution is -1.80. The molecule has 0 aliphatic heterocycles. The van der Waals surface area contributed by atoms with Crippen molar-refractivity contribution in [3.63, 3.8) is 0 Å². The van der Waals surface area contributed by atoms with Crippen LogP contribution in [0.25, 0.3) is 11.5 Å². The first-order valence-electron chi connectivity index (χ1n) is 4.56. The third-order valence-corrected chi connectivity index (χ3v) is 2.17. The predicted octanol–water partition coefficient (Wildman–Crippen LogP) is 3.26. The van der Waals surface area contributed by atoms with E-state index < -0.39 is 0 Å². The van der Waals surface area contributed by atoms with E-state index in [-0.39, 0.29) is 5.82 Å². The summed E-state index contributed by atoms with van der Waals surface area (Å²) in [6.07, 6.45) is 2.29. The summed E-state index contributed by atoms with van der Waals surface area (Å²) in [6.45, 7) is 0. The van der Waals surface area contributed by atoms with Gasteiger partial charge in [-0.15, -0.1) is 11.6 Å². The van der Waals surface area contributed by atoms with Crippen LogP contribution in [-0.2, 0) is 6.42 Å². The van der Waals surface area contributed by atoms with Gasteiger partial charge < -0.3 is 4.42 Å². The van der Waals surface area contributed by atoms with E-state index in [1.54, 1.807) is 18.3 Å². The van der Waals surface area contributed by atoms with E-state index in [9.17, 15) is 4.39 Å². The molecule has 0 aliphatic rings. The number of oxazole rings is 1. The minimum atomic E-state index is -0.272. The van der Waals surface area contributed by atoms with Crippen LogP contribution in [0, 0.1) is 5.82 Å². The second-order valence-electron chi connectivity index (χ2n) is 3.08. The Labute approximate surface area is 91.7 Å². The first-order chi connectivity index (χ1) is 7.29. The molecule has 0 saturated heterocycles. The van der Waals surface area contributed by atoms with Crippen molar-refractivity contribution in [3.8, 4) is 11.5 Å². The third-order valence-electron chi connectivity index (χ3n) is 1.99. The number of aryl methyl sites for hydroxylation is 1. The van der Waals surface area contributed by atoms with E-state index in [0.29, 0.717) is 18.2 Å². The van der Waals surface area contributed by atoms with Crippen molar-refractivity contribution < 1.29 is 8.81 Å². The summed E-state index contributed by atoms with van der Waals surface area (Å²) in [5.41, 5.74) is 0.761. The molecule has 0 radical (unpaired) electrons. The molecule has 0 fully saturated rings. The number of alkyl halides is 1. The Morgan fingerprint density at radius 3 is 2.67 bits per heavy atom. The summed E-state index contributed by atoms with van der Waals surface area (Å²) < 4.78 is 18.1. The number of halogens is 2. The van der Waals surface area contributed by atoms with Gasteiger partial charge in [0.05, 0.1) is 6.20 Å². The Balaban J connectivity index is 2.25. The zero-order valence-electron chi connectivity index (χ0n) is 7.91. The predicted molar refractivity (Wildman–Crippen MR) is 56.3 cm³/mol. The highest BCUT2D eigenvalue weighted by atomic mass is 35.5. The second-order valence-corrected chi connectivity index (χ2v) is 3.46. The Kier molecular flexibility index (Phi) is 3.02. The van der Waals surface area contributed by atoms with E-state index in [2.05, 4.69) is 4.98 Å². The van der Waals surface area contributed by atoms with Crippen molar-refractivity contribution in [3.05, 3.63) is 42.0 Å². The SMILES string of the molecule is Fc1ccc(-c2ncc(CCCl)o2)cc1. The fourth-order valence-electron chi connectivity index (χ4n) is 1.24. The summed E-state index contributed by atoms with van der Waals surface area (Å²) in [4.78, 5) is 4.09. The molecule has 78 valence electrons. The lowest BCUT2D eigenvalue weighted by molar-refractivity contribution is 0.525. The van der Waals surface area contributed by atoms with Gasteiger partial charge >= 0.3 is 0 Å². The standard InChI is InChI=1S/C11H9ClFNO/c12-6-5-10-7-14-11(15-10)8-1-3-9(13)4-2-8/h1-4,7H,5-6H2. The van der Waals surface area contributed by atoms with Crippen molar-refractivity contribution in [2.75, 3.05) is 5.88 Å². The molecule has 1 heterocycles. The van der Waals surface area contributed by atoms with E-state index in [1.807, 2.05) is 0 Å². The summed E-state index contributed by atoms with van der Waals surface area (Å²) in [5, 5.41) is 0. The molecule has 0 unspecified atom stereocenters. The van der Waals surface area contributed by atoms with Crippen LogP contribution in [-0.4, -0.2) is 10.9 Å². The lowest BCUT2D eigenvalue weighted by Gasteiger charge is -1.94. The maximum Gasteiger partial charge on any atom is 0.226 e. The van der Waals surface area contributed by atoms with E-state index in [0.717, 1.165) is 11.3 Å². The molecule has 0 spiro atoms. The Morgan fingerprint density at radius 2 is 2.00 bits per heavy atom. The maximum atomic E-state index is 12.7. The van der Waals surface area contributed by atoms with Gasteiger partial charge in [-0.3, -0.25) is 0 Å². The molecule has 0 atom stereocenters. The molecule has 4 heteroatoms. The van der Waals surface area contributed by atoms with Crippen LogP contribution in [0.2, 0.25) is 0 Å². The number of benzene rings is 1. The molecule has 0 saturated carbocycles. The van der Waals surface area contributed by atoms with E-state index in [1.165, 1.54) is 12.1 Å². The third kappa shape index (κ3) is 2.36. The van der Waals surface area contributed by atoms with Crippen molar-refractivity contribution in [2.45, 2.75) is 6.42 Å². The molecule has 15 heavy (non-hydrogen) atoms. The first-order valence-corrected chi connectivity index (χ1v) is 5.09. The van der Waals surface area contributed by atoms with Gasteiger partial charge in [-0.25, -0.2) is 9.37 Å². The fourth-order valence-corrected chi connectivity index (χ4v) is 1.43. The minimum absolute atomic E-state index is 0.272. The smallest absolute Gasteiger partial charge is 0.226 e. The number of rotatable bonds is 3. The van der Waals surface area contributed by atoms with E-state index >= 15 is 0 Å². The van der Waals surface area contributed by atoms with Crippen molar-refractivity contribution in [1.82, 2.24) is 4.98 Å². The van der Waals surface area contributed by atoms with Crippen LogP contribution < -0.4 is 0 Å². The van der Waals surface area contributed by atoms with Crippen LogP contribution in [0.1, 0.15) is 5.76 Å². The Hall–Kier alpha value is -1.35. The average molecular weight is 226 g/mol. The highest BCUT2D eigenvalue weighted by Crippen LogP contribution is 2.19. The molecule has 0 aliphatic carbocycles. The zero-order valence-corrected chi connectivity index (χ0v) is 8.67. The van der Waals surface area contributed by atoms with Crippen molar-refractivity contribution in [1.29, 1.82) is 0 Å². The number of aromatic nitrogens is 1. The molecule has 1 aromatic carbocycles. The van der Waals surface area contributed by atoms with Gasteiger partial charge in [-0.05, 0) is 24.3 Å². The summed E-state index contributed by atoms with van der Waals surface area (Å²) in [5.74, 6) is 1.46. The van der Waals surface area contributed by atoms with Gasteiger partial charge in [-0.1, -0.05) is 0 Å². The maximum absolute atomic E-state index is 12.7. The van der Waals surface area contributed by atoms with Gasteiger partial charge in [0.2, 0.25) is 5.89 Å². The van der Waals surface area contributed by atoms with Crippen LogP contribution in [0.3, 0.4) is 0 Å². The van der Waals surface area contributed by atoms with Gasteiger partial charge in [0.25, 0.3) is 0 Å². The molecular formula is C11H9ClFNO. The quantitative estimate of drug-likeness (QED) is 0.750. The second kappa shape index (κ2) is 4.45. The van der Waals surface area contributed by atoms with Crippen LogP contribution in [0.15, 0.2) is 34.9 Å². The summed E-state index contributed by atoms with van der Waals surface area (Å²) >= 11 is 5.57. The topological polar surface area (TPSA) is 26.0 Å². The van der Waals surface area contributed by atoms with Gasteiger partial charge in [0.1, 0.15) is 11.6 Å². The number of hydrogen-bond donors (Lipinski definition) is 0. The van der Waals surface area contributed by atoms with Gasteiger partial charge in [0, 0.05) is 17.9 Å². The molecule has 0 N–H and O–H groups in total. The monoisotopic (exact) mass is 225 g/mol. The van der Waals surface area contributed by atoms with Gasteiger partial charge in [-0.2, -0.15) is 0 Å². The molecule has 2 nitrogen and oxygen atoms in total. The first kappa shape index (κ1) is 10.2. The van der Waals surface area contributed by atoms with E-state index in [4.69, 9.17) is 16.0 Å². The highest BCUT2D eigenvalue weighted by Gasteiger charge is 2.05. The lowest BCUT2D eigenvalue weighted by atomic mass is 10.2. The van der Waals surface area contributed by atoms with Crippen LogP contribution in [0.5, 0.6) is 0 Å². The molecule has 0 amide bonds.